The number of nitrogens with zero attached hydrogens (tertiary/aromatic N) is 2. The van der Waals surface area contributed by atoms with Gasteiger partial charge in [0.25, 0.3) is 0 Å². The van der Waals surface area contributed by atoms with Gasteiger partial charge in [0.15, 0.2) is 0 Å². The molecule has 5 heteroatoms. The van der Waals surface area contributed by atoms with Crippen molar-refractivity contribution in [3.63, 3.8) is 0 Å². The minimum atomic E-state index is -0.416. The normalized spacial score (nSPS) is 18.2. The molecular weight excluding hydrogens is 224 g/mol. The molecule has 1 aromatic carbocycles. The highest BCUT2D eigenvalue weighted by Crippen LogP contribution is 2.26. The Hall–Kier alpha value is -1.75. The Morgan fingerprint density at radius 3 is 2.75 bits per heavy atom. The fraction of sp³-hybridized carbons (Fsp3) is 0.182. The van der Waals surface area contributed by atoms with Crippen LogP contribution in [0.5, 0.6) is 5.75 Å². The predicted octanol–water partition coefficient (Wildman–Crippen LogP) is 3.02. The number of hydrogen-bond donors (Lipinski definition) is 0. The van der Waals surface area contributed by atoms with Gasteiger partial charge in [-0.3, -0.25) is 0 Å². The molecule has 0 saturated carbocycles. The van der Waals surface area contributed by atoms with Crippen LogP contribution in [0.3, 0.4) is 0 Å². The van der Waals surface area contributed by atoms with Crippen molar-refractivity contribution in [2.24, 2.45) is 10.2 Å². The Kier molecular flexibility index (Phi) is 3.26. The van der Waals surface area contributed by atoms with Gasteiger partial charge in [-0.15, -0.1) is 10.2 Å². The van der Waals surface area contributed by atoms with E-state index in [0.717, 1.165) is 11.3 Å². The van der Waals surface area contributed by atoms with Crippen LogP contribution in [-0.4, -0.2) is 11.8 Å². The summed E-state index contributed by atoms with van der Waals surface area (Å²) in [5, 5.41) is 7.72. The van der Waals surface area contributed by atoms with E-state index in [1.807, 2.05) is 24.3 Å². The van der Waals surface area contributed by atoms with E-state index in [2.05, 4.69) is 16.8 Å². The molecule has 0 fully saturated rings. The van der Waals surface area contributed by atoms with E-state index in [9.17, 15) is 0 Å². The van der Waals surface area contributed by atoms with Crippen LogP contribution in [0.25, 0.3) is 0 Å². The number of ether oxygens (including phenoxy) is 2. The standard InChI is InChI=1S/C11H10N2O2S/c1-2-7-14-9-5-3-8(4-6-9)10-12-13-11(16)15-10/h2-6,10H,1,7H2. The zero-order valence-electron chi connectivity index (χ0n) is 8.50. The molecule has 0 aliphatic carbocycles. The van der Waals surface area contributed by atoms with Gasteiger partial charge in [0.2, 0.25) is 6.23 Å². The molecule has 1 aliphatic heterocycles. The molecule has 1 atom stereocenters. The van der Waals surface area contributed by atoms with Gasteiger partial charge in [0.05, 0.1) is 0 Å². The maximum atomic E-state index is 5.36. The van der Waals surface area contributed by atoms with Gasteiger partial charge in [-0.1, -0.05) is 12.7 Å². The van der Waals surface area contributed by atoms with Crippen LogP contribution in [0.4, 0.5) is 0 Å². The first-order chi connectivity index (χ1) is 7.79. The first-order valence-electron chi connectivity index (χ1n) is 4.75. The summed E-state index contributed by atoms with van der Waals surface area (Å²) in [5.74, 6) is 0.779. The van der Waals surface area contributed by atoms with E-state index in [0.29, 0.717) is 6.61 Å². The summed E-state index contributed by atoms with van der Waals surface area (Å²) in [7, 11) is 0. The predicted molar refractivity (Wildman–Crippen MR) is 63.4 cm³/mol. The van der Waals surface area contributed by atoms with Crippen LogP contribution in [0.2, 0.25) is 0 Å². The molecule has 0 saturated heterocycles. The molecule has 0 N–H and O–H groups in total. The van der Waals surface area contributed by atoms with Gasteiger partial charge in [-0.2, -0.15) is 0 Å². The molecular formula is C11H10N2O2S. The topological polar surface area (TPSA) is 43.2 Å². The molecule has 0 bridgehead atoms. The second kappa shape index (κ2) is 4.85. The zero-order valence-corrected chi connectivity index (χ0v) is 9.31. The average molecular weight is 234 g/mol. The molecule has 0 amide bonds. The number of benzene rings is 1. The Balaban J connectivity index is 2.04. The van der Waals surface area contributed by atoms with Crippen molar-refractivity contribution in [3.05, 3.63) is 42.5 Å². The lowest BCUT2D eigenvalue weighted by atomic mass is 10.2. The average Bonchev–Trinajstić information content (AvgIpc) is 2.74. The fourth-order valence-corrected chi connectivity index (χ4v) is 1.40. The number of azo groups is 1. The molecule has 1 aliphatic rings. The molecule has 82 valence electrons. The largest absolute Gasteiger partial charge is 0.490 e. The van der Waals surface area contributed by atoms with Crippen molar-refractivity contribution >= 4 is 17.4 Å². The number of thiocarbonyl (C=S) groups is 1. The molecule has 16 heavy (non-hydrogen) atoms. The van der Waals surface area contributed by atoms with E-state index in [1.165, 1.54) is 0 Å². The van der Waals surface area contributed by atoms with Crippen molar-refractivity contribution in [1.29, 1.82) is 0 Å². The van der Waals surface area contributed by atoms with Crippen molar-refractivity contribution in [2.45, 2.75) is 6.23 Å². The van der Waals surface area contributed by atoms with Crippen molar-refractivity contribution in [2.75, 3.05) is 6.61 Å². The summed E-state index contributed by atoms with van der Waals surface area (Å²) in [6.45, 7) is 4.07. The maximum Gasteiger partial charge on any atom is 0.304 e. The lowest BCUT2D eigenvalue weighted by Crippen LogP contribution is -1.98. The molecule has 1 unspecified atom stereocenters. The van der Waals surface area contributed by atoms with E-state index >= 15 is 0 Å². The van der Waals surface area contributed by atoms with Crippen molar-refractivity contribution in [3.8, 4) is 5.75 Å². The summed E-state index contributed by atoms with van der Waals surface area (Å²) in [4.78, 5) is 0. The summed E-state index contributed by atoms with van der Waals surface area (Å²) < 4.78 is 10.6. The van der Waals surface area contributed by atoms with Gasteiger partial charge < -0.3 is 9.47 Å². The third kappa shape index (κ3) is 2.43. The zero-order chi connectivity index (χ0) is 11.4. The van der Waals surface area contributed by atoms with Crippen LogP contribution in [-0.2, 0) is 4.74 Å². The van der Waals surface area contributed by atoms with Crippen molar-refractivity contribution < 1.29 is 9.47 Å². The van der Waals surface area contributed by atoms with Gasteiger partial charge >= 0.3 is 5.17 Å². The highest BCUT2D eigenvalue weighted by molar-refractivity contribution is 7.80. The molecule has 0 radical (unpaired) electrons. The molecule has 1 aromatic rings. The molecule has 2 rings (SSSR count). The van der Waals surface area contributed by atoms with E-state index in [1.54, 1.807) is 6.08 Å². The quantitative estimate of drug-likeness (QED) is 0.594. The van der Waals surface area contributed by atoms with Crippen LogP contribution in [0.1, 0.15) is 11.8 Å². The lowest BCUT2D eigenvalue weighted by Gasteiger charge is -2.07. The lowest BCUT2D eigenvalue weighted by molar-refractivity contribution is 0.227. The maximum absolute atomic E-state index is 5.36. The first-order valence-corrected chi connectivity index (χ1v) is 5.15. The molecule has 0 aromatic heterocycles. The third-order valence-corrected chi connectivity index (χ3v) is 2.17. The second-order valence-electron chi connectivity index (χ2n) is 3.12. The highest BCUT2D eigenvalue weighted by atomic mass is 32.1. The minimum Gasteiger partial charge on any atom is -0.490 e. The molecule has 4 nitrogen and oxygen atoms in total. The fourth-order valence-electron chi connectivity index (χ4n) is 1.26. The Labute approximate surface area is 98.6 Å². The highest BCUT2D eigenvalue weighted by Gasteiger charge is 2.18. The van der Waals surface area contributed by atoms with Crippen molar-refractivity contribution in [1.82, 2.24) is 0 Å². The smallest absolute Gasteiger partial charge is 0.304 e. The van der Waals surface area contributed by atoms with Crippen LogP contribution in [0.15, 0.2) is 47.1 Å². The van der Waals surface area contributed by atoms with Gasteiger partial charge in [-0.05, 0) is 36.5 Å². The molecule has 1 heterocycles. The van der Waals surface area contributed by atoms with Crippen LogP contribution >= 0.6 is 12.2 Å². The first kappa shape index (κ1) is 10.8. The summed E-state index contributed by atoms with van der Waals surface area (Å²) >= 11 is 4.76. The number of hydrogen-bond acceptors (Lipinski definition) is 4. The monoisotopic (exact) mass is 234 g/mol. The Morgan fingerprint density at radius 1 is 1.44 bits per heavy atom. The summed E-state index contributed by atoms with van der Waals surface area (Å²) in [6, 6.07) is 7.43. The summed E-state index contributed by atoms with van der Waals surface area (Å²) in [6.07, 6.45) is 1.28. The minimum absolute atomic E-state index is 0.178. The second-order valence-corrected chi connectivity index (χ2v) is 3.47. The molecule has 0 spiro atoms. The van der Waals surface area contributed by atoms with Gasteiger partial charge in [0, 0.05) is 5.56 Å². The Bertz CT molecular complexity index is 428. The van der Waals surface area contributed by atoms with E-state index in [-0.39, 0.29) is 5.17 Å². The van der Waals surface area contributed by atoms with E-state index in [4.69, 9.17) is 21.7 Å². The third-order valence-electron chi connectivity index (χ3n) is 1.99. The SMILES string of the molecule is C=CCOc1ccc(C2N=NC(=S)O2)cc1. The van der Waals surface area contributed by atoms with Gasteiger partial charge in [0.1, 0.15) is 12.4 Å². The van der Waals surface area contributed by atoms with Crippen LogP contribution in [0, 0.1) is 0 Å². The van der Waals surface area contributed by atoms with Gasteiger partial charge in [-0.25, -0.2) is 0 Å². The van der Waals surface area contributed by atoms with E-state index < -0.39 is 6.23 Å². The Morgan fingerprint density at radius 2 is 2.19 bits per heavy atom. The summed E-state index contributed by atoms with van der Waals surface area (Å²) in [5.41, 5.74) is 0.898. The van der Waals surface area contributed by atoms with Crippen LogP contribution < -0.4 is 4.74 Å². The number of rotatable bonds is 4.